The fraction of sp³-hybridized carbons (Fsp3) is 0. The van der Waals surface area contributed by atoms with E-state index in [0.29, 0.717) is 0 Å². The zero-order chi connectivity index (χ0) is 13.5. The minimum Gasteiger partial charge on any atom is -0.428 e. The van der Waals surface area contributed by atoms with Crippen LogP contribution < -0.4 is 0 Å². The first kappa shape index (κ1) is 12.1. The molecule has 0 spiro atoms. The summed E-state index contributed by atoms with van der Waals surface area (Å²) in [4.78, 5) is 9.90. The molecule has 1 radical (unpaired) electrons. The van der Waals surface area contributed by atoms with E-state index in [1.807, 2.05) is 36.4 Å². The third-order valence-corrected chi connectivity index (χ3v) is 5.15. The molecule has 0 bridgehead atoms. The van der Waals surface area contributed by atoms with Crippen LogP contribution in [0.4, 0.5) is 0 Å². The third-order valence-electron chi connectivity index (χ3n) is 2.83. The number of rotatable bonds is 2. The Morgan fingerprint density at radius 3 is 2.85 bits per heavy atom. The van der Waals surface area contributed by atoms with Gasteiger partial charge in [-0.3, -0.25) is 0 Å². The summed E-state index contributed by atoms with van der Waals surface area (Å²) in [5.41, 5.74) is 2.55. The average molecular weight is 315 g/mol. The molecule has 20 heavy (non-hydrogen) atoms. The van der Waals surface area contributed by atoms with Crippen LogP contribution in [0.2, 0.25) is 0 Å². The van der Waals surface area contributed by atoms with E-state index < -0.39 is 0 Å². The van der Waals surface area contributed by atoms with Gasteiger partial charge < -0.3 is 4.42 Å². The van der Waals surface area contributed by atoms with Crippen molar-refractivity contribution in [3.05, 3.63) is 42.5 Å². The largest absolute Gasteiger partial charge is 0.428 e. The van der Waals surface area contributed by atoms with Crippen LogP contribution in [0.3, 0.4) is 0 Å². The fourth-order valence-corrected chi connectivity index (χ4v) is 4.28. The van der Waals surface area contributed by atoms with Gasteiger partial charge in [0, 0.05) is 4.90 Å². The zero-order valence-corrected chi connectivity index (χ0v) is 12.5. The van der Waals surface area contributed by atoms with E-state index >= 15 is 0 Å². The monoisotopic (exact) mass is 315 g/mol. The molecule has 0 saturated heterocycles. The molecule has 2 aromatic carbocycles. The summed E-state index contributed by atoms with van der Waals surface area (Å²) in [6, 6.07) is 14.0. The molecule has 6 heteroatoms. The molecule has 0 aliphatic carbocycles. The molecule has 4 aromatic rings. The summed E-state index contributed by atoms with van der Waals surface area (Å²) in [6.45, 7) is 0. The van der Waals surface area contributed by atoms with E-state index in [4.69, 9.17) is 17.0 Å². The lowest BCUT2D eigenvalue weighted by Crippen LogP contribution is -1.76. The molecule has 3 nitrogen and oxygen atoms in total. The Labute approximate surface area is 128 Å². The summed E-state index contributed by atoms with van der Waals surface area (Å²) in [6.07, 6.45) is 0. The van der Waals surface area contributed by atoms with Gasteiger partial charge in [-0.15, -0.1) is 11.3 Å². The molecule has 4 rings (SSSR count). The molecule has 0 saturated carbocycles. The van der Waals surface area contributed by atoms with Crippen molar-refractivity contribution in [1.29, 1.82) is 0 Å². The molecule has 0 aliphatic rings. The molecule has 0 aliphatic heterocycles. The second-order valence-electron chi connectivity index (χ2n) is 4.13. The van der Waals surface area contributed by atoms with Crippen molar-refractivity contribution in [3.8, 4) is 0 Å². The molecular formula is C14H7N2OS3. The standard InChI is InChI=1S/C14H7N2OS3/c18-13-16-12-9(17-13)5-3-7-11(12)20-14-15-8-4-1-2-6-10(8)19-14/h1-7H. The Balaban J connectivity index is 1.80. The Morgan fingerprint density at radius 2 is 1.95 bits per heavy atom. The smallest absolute Gasteiger partial charge is 0.289 e. The lowest BCUT2D eigenvalue weighted by molar-refractivity contribution is 0.492. The predicted octanol–water partition coefficient (Wildman–Crippen LogP) is 5.15. The van der Waals surface area contributed by atoms with Crippen molar-refractivity contribution in [3.63, 3.8) is 0 Å². The highest BCUT2D eigenvalue weighted by molar-refractivity contribution is 8.01. The first-order chi connectivity index (χ1) is 9.79. The van der Waals surface area contributed by atoms with Crippen molar-refractivity contribution in [2.24, 2.45) is 0 Å². The van der Waals surface area contributed by atoms with Gasteiger partial charge in [-0.1, -0.05) is 30.0 Å². The van der Waals surface area contributed by atoms with Gasteiger partial charge in [0.2, 0.25) is 0 Å². The maximum absolute atomic E-state index is 5.38. The van der Waals surface area contributed by atoms with Crippen molar-refractivity contribution >= 4 is 57.0 Å². The molecule has 0 amide bonds. The van der Waals surface area contributed by atoms with Crippen LogP contribution in [0.1, 0.15) is 0 Å². The molecular weight excluding hydrogens is 308 g/mol. The number of nitrogens with zero attached hydrogens (tertiary/aromatic N) is 2. The van der Waals surface area contributed by atoms with Crippen LogP contribution in [0.25, 0.3) is 21.3 Å². The first-order valence-corrected chi connectivity index (χ1v) is 7.94. The summed E-state index contributed by atoms with van der Waals surface area (Å²) in [7, 11) is 0. The number of oxazole rings is 1. The van der Waals surface area contributed by atoms with Gasteiger partial charge in [-0.25, -0.2) is 4.98 Å². The number of thiazole rings is 1. The van der Waals surface area contributed by atoms with Crippen molar-refractivity contribution in [2.45, 2.75) is 14.5 Å². The minimum atomic E-state index is 0.275. The first-order valence-electron chi connectivity index (χ1n) is 5.89. The summed E-state index contributed by atoms with van der Waals surface area (Å²) >= 11 is 8.26. The maximum atomic E-state index is 5.38. The SMILES string of the molecule is [S]c1nc2c(Sc3nc4ccccc4s3)cccc2o1. The number of benzene rings is 2. The fourth-order valence-electron chi connectivity index (χ4n) is 1.97. The predicted molar refractivity (Wildman–Crippen MR) is 83.6 cm³/mol. The van der Waals surface area contributed by atoms with Crippen LogP contribution in [0.15, 0.2) is 61.3 Å². The maximum Gasteiger partial charge on any atom is 0.289 e. The number of hydrogen-bond acceptors (Lipinski definition) is 5. The van der Waals surface area contributed by atoms with Gasteiger partial charge >= 0.3 is 0 Å². The molecule has 0 fully saturated rings. The molecule has 0 unspecified atom stereocenters. The molecule has 0 atom stereocenters. The zero-order valence-electron chi connectivity index (χ0n) is 10.1. The van der Waals surface area contributed by atoms with Crippen molar-refractivity contribution in [1.82, 2.24) is 9.97 Å². The van der Waals surface area contributed by atoms with Crippen LogP contribution in [-0.4, -0.2) is 9.97 Å². The normalized spacial score (nSPS) is 11.4. The van der Waals surface area contributed by atoms with Gasteiger partial charge in [0.15, 0.2) is 9.92 Å². The average Bonchev–Trinajstić information content (AvgIpc) is 3.01. The third kappa shape index (κ3) is 2.06. The second kappa shape index (κ2) is 4.73. The van der Waals surface area contributed by atoms with Gasteiger partial charge in [0.05, 0.1) is 10.2 Å². The summed E-state index contributed by atoms with van der Waals surface area (Å²) in [5, 5.41) is 0.275. The van der Waals surface area contributed by atoms with Crippen molar-refractivity contribution in [2.75, 3.05) is 0 Å². The molecule has 97 valence electrons. The van der Waals surface area contributed by atoms with Crippen LogP contribution >= 0.6 is 35.7 Å². The highest BCUT2D eigenvalue weighted by Gasteiger charge is 2.11. The van der Waals surface area contributed by atoms with Gasteiger partial charge in [-0.05, 0) is 36.9 Å². The van der Waals surface area contributed by atoms with E-state index in [9.17, 15) is 0 Å². The van der Waals surface area contributed by atoms with Crippen LogP contribution in [0, 0.1) is 0 Å². The van der Waals surface area contributed by atoms with E-state index in [0.717, 1.165) is 25.9 Å². The van der Waals surface area contributed by atoms with Gasteiger partial charge in [0.25, 0.3) is 5.22 Å². The number of aromatic nitrogens is 2. The second-order valence-corrected chi connectivity index (χ2v) is 6.80. The number of hydrogen-bond donors (Lipinski definition) is 0. The quantitative estimate of drug-likeness (QED) is 0.513. The lowest BCUT2D eigenvalue weighted by atomic mass is 10.3. The van der Waals surface area contributed by atoms with E-state index in [2.05, 4.69) is 16.0 Å². The topological polar surface area (TPSA) is 38.9 Å². The van der Waals surface area contributed by atoms with Crippen molar-refractivity contribution < 1.29 is 4.42 Å². The Morgan fingerprint density at radius 1 is 1.05 bits per heavy atom. The highest BCUT2D eigenvalue weighted by Crippen LogP contribution is 2.37. The highest BCUT2D eigenvalue weighted by atomic mass is 32.2. The lowest BCUT2D eigenvalue weighted by Gasteiger charge is -1.97. The molecule has 2 heterocycles. The van der Waals surface area contributed by atoms with Crippen LogP contribution in [0.5, 0.6) is 0 Å². The van der Waals surface area contributed by atoms with Crippen LogP contribution in [-0.2, 0) is 0 Å². The Kier molecular flexibility index (Phi) is 2.87. The number of fused-ring (bicyclic) bond motifs is 2. The van der Waals surface area contributed by atoms with E-state index in [1.54, 1.807) is 23.1 Å². The number of para-hydroxylation sites is 2. The van der Waals surface area contributed by atoms with Gasteiger partial charge in [0.1, 0.15) is 5.52 Å². The molecule has 2 aromatic heterocycles. The van der Waals surface area contributed by atoms with Gasteiger partial charge in [-0.2, -0.15) is 4.98 Å². The minimum absolute atomic E-state index is 0.275. The van der Waals surface area contributed by atoms with E-state index in [-0.39, 0.29) is 5.22 Å². The molecule has 0 N–H and O–H groups in total. The summed E-state index contributed by atoms with van der Waals surface area (Å²) < 4.78 is 7.56. The Bertz CT molecular complexity index is 880. The summed E-state index contributed by atoms with van der Waals surface area (Å²) in [5.74, 6) is 0. The van der Waals surface area contributed by atoms with E-state index in [1.165, 1.54) is 4.70 Å². The Hall–Kier alpha value is -1.63.